The van der Waals surface area contributed by atoms with Gasteiger partial charge in [0, 0.05) is 42.3 Å². The van der Waals surface area contributed by atoms with Gasteiger partial charge in [0.25, 0.3) is 0 Å². The molecule has 0 fully saturated rings. The summed E-state index contributed by atoms with van der Waals surface area (Å²) in [6, 6.07) is 70.2. The van der Waals surface area contributed by atoms with E-state index in [0.717, 1.165) is 39.2 Å². The molecule has 0 saturated heterocycles. The number of hydrogen-bond donors (Lipinski definition) is 0. The first kappa shape index (κ1) is 34.3. The van der Waals surface area contributed by atoms with Crippen LogP contribution in [0.2, 0.25) is 0 Å². The Labute approximate surface area is 342 Å². The molecule has 3 heteroatoms. The lowest BCUT2D eigenvalue weighted by atomic mass is 9.81. The molecule has 0 unspecified atom stereocenters. The van der Waals surface area contributed by atoms with Gasteiger partial charge in [0.15, 0.2) is 5.82 Å². The first-order chi connectivity index (χ1) is 28.5. The molecule has 10 aromatic rings. The third kappa shape index (κ3) is 5.86. The van der Waals surface area contributed by atoms with Gasteiger partial charge in [0.05, 0.1) is 11.4 Å². The largest absolute Gasteiger partial charge is 0.228 e. The molecule has 0 atom stereocenters. The molecule has 0 radical (unpaired) electrons. The van der Waals surface area contributed by atoms with E-state index in [9.17, 15) is 0 Å². The normalized spacial score (nSPS) is 12.8. The minimum Gasteiger partial charge on any atom is -0.228 e. The summed E-state index contributed by atoms with van der Waals surface area (Å²) in [6.07, 6.45) is 0. The van der Waals surface area contributed by atoms with Crippen LogP contribution in [-0.2, 0) is 5.41 Å². The standard InChI is InChI=1S/C55H38N2S/c1-55(2)48-19-11-9-17-44(48)45-27-25-40(33-49(45)55)36-21-23-37(24-22-36)50-34-51(57-54(56-50)38-15-7-4-8-16-38)43-30-41(35-13-5-3-6-14-35)29-42(31-43)39-26-28-53-47(32-39)46-18-10-12-20-52(46)58-53/h3-34H,1-2H3. The second-order valence-electron chi connectivity index (χ2n) is 15.8. The molecule has 2 aromatic heterocycles. The van der Waals surface area contributed by atoms with Crippen LogP contribution in [0.3, 0.4) is 0 Å². The number of thiophene rings is 1. The van der Waals surface area contributed by atoms with E-state index in [1.165, 1.54) is 64.7 Å². The molecular weight excluding hydrogens is 721 g/mol. The fourth-order valence-corrected chi connectivity index (χ4v) is 9.91. The zero-order valence-electron chi connectivity index (χ0n) is 32.3. The average Bonchev–Trinajstić information content (AvgIpc) is 3.77. The summed E-state index contributed by atoms with van der Waals surface area (Å²) >= 11 is 1.85. The quantitative estimate of drug-likeness (QED) is 0.169. The van der Waals surface area contributed by atoms with Crippen LogP contribution in [-0.4, -0.2) is 9.97 Å². The number of benzene rings is 8. The maximum atomic E-state index is 5.27. The fraction of sp³-hybridized carbons (Fsp3) is 0.0545. The molecule has 0 saturated carbocycles. The van der Waals surface area contributed by atoms with Gasteiger partial charge in [-0.25, -0.2) is 9.97 Å². The van der Waals surface area contributed by atoms with Gasteiger partial charge in [-0.2, -0.15) is 0 Å². The SMILES string of the molecule is CC1(C)c2ccccc2-c2ccc(-c3ccc(-c4cc(-c5cc(-c6ccccc6)cc(-c6ccc7sc8ccccc8c7c6)c5)nc(-c5ccccc5)n4)cc3)cc21. The highest BCUT2D eigenvalue weighted by Gasteiger charge is 2.35. The van der Waals surface area contributed by atoms with Crippen molar-refractivity contribution in [2.24, 2.45) is 0 Å². The van der Waals surface area contributed by atoms with E-state index in [1.54, 1.807) is 0 Å². The van der Waals surface area contributed by atoms with E-state index in [-0.39, 0.29) is 5.41 Å². The minimum atomic E-state index is -0.0458. The maximum Gasteiger partial charge on any atom is 0.160 e. The summed E-state index contributed by atoms with van der Waals surface area (Å²) in [7, 11) is 0. The first-order valence-corrected chi connectivity index (χ1v) is 20.7. The van der Waals surface area contributed by atoms with Crippen LogP contribution >= 0.6 is 11.3 Å². The summed E-state index contributed by atoms with van der Waals surface area (Å²) in [4.78, 5) is 10.5. The van der Waals surface area contributed by atoms with Crippen LogP contribution < -0.4 is 0 Å². The molecule has 2 nitrogen and oxygen atoms in total. The molecule has 0 N–H and O–H groups in total. The molecule has 58 heavy (non-hydrogen) atoms. The number of hydrogen-bond acceptors (Lipinski definition) is 3. The fourth-order valence-electron chi connectivity index (χ4n) is 8.82. The minimum absolute atomic E-state index is 0.0458. The molecule has 1 aliphatic carbocycles. The zero-order chi connectivity index (χ0) is 38.8. The van der Waals surface area contributed by atoms with Crippen molar-refractivity contribution in [1.29, 1.82) is 0 Å². The lowest BCUT2D eigenvalue weighted by Crippen LogP contribution is -2.14. The van der Waals surface area contributed by atoms with Crippen LogP contribution in [0.1, 0.15) is 25.0 Å². The molecule has 0 spiro atoms. The second kappa shape index (κ2) is 13.6. The molecule has 0 bridgehead atoms. The number of aromatic nitrogens is 2. The molecule has 2 heterocycles. The topological polar surface area (TPSA) is 25.8 Å². The predicted octanol–water partition coefficient (Wildman–Crippen LogP) is 15.2. The summed E-state index contributed by atoms with van der Waals surface area (Å²) in [5.41, 5.74) is 17.3. The van der Waals surface area contributed by atoms with Crippen LogP contribution in [0.5, 0.6) is 0 Å². The summed E-state index contributed by atoms with van der Waals surface area (Å²) in [5, 5.41) is 2.59. The summed E-state index contributed by atoms with van der Waals surface area (Å²) < 4.78 is 2.61. The zero-order valence-corrected chi connectivity index (χ0v) is 33.1. The number of rotatable bonds is 6. The highest BCUT2D eigenvalue weighted by molar-refractivity contribution is 7.25. The Morgan fingerprint density at radius 1 is 0.345 bits per heavy atom. The molecule has 8 aromatic carbocycles. The van der Waals surface area contributed by atoms with Crippen molar-refractivity contribution in [3.05, 3.63) is 205 Å². The van der Waals surface area contributed by atoms with Crippen molar-refractivity contribution in [2.75, 3.05) is 0 Å². The average molecular weight is 759 g/mol. The van der Waals surface area contributed by atoms with E-state index in [0.29, 0.717) is 5.82 Å². The van der Waals surface area contributed by atoms with E-state index in [4.69, 9.17) is 9.97 Å². The van der Waals surface area contributed by atoms with Gasteiger partial charge in [-0.15, -0.1) is 11.3 Å². The predicted molar refractivity (Wildman–Crippen MR) is 245 cm³/mol. The Morgan fingerprint density at radius 2 is 0.879 bits per heavy atom. The maximum absolute atomic E-state index is 5.27. The Morgan fingerprint density at radius 3 is 1.67 bits per heavy atom. The van der Waals surface area contributed by atoms with E-state index in [2.05, 4.69) is 202 Å². The van der Waals surface area contributed by atoms with Crippen molar-refractivity contribution in [3.8, 4) is 78.4 Å². The van der Waals surface area contributed by atoms with Gasteiger partial charge in [0.1, 0.15) is 0 Å². The Bertz CT molecular complexity index is 3180. The lowest BCUT2D eigenvalue weighted by molar-refractivity contribution is 0.660. The van der Waals surface area contributed by atoms with Gasteiger partial charge in [-0.3, -0.25) is 0 Å². The summed E-state index contributed by atoms with van der Waals surface area (Å²) in [6.45, 7) is 4.67. The van der Waals surface area contributed by atoms with Crippen molar-refractivity contribution < 1.29 is 0 Å². The first-order valence-electron chi connectivity index (χ1n) is 19.9. The van der Waals surface area contributed by atoms with Crippen molar-refractivity contribution >= 4 is 31.5 Å². The van der Waals surface area contributed by atoms with Gasteiger partial charge in [-0.1, -0.05) is 159 Å². The third-order valence-corrected chi connectivity index (χ3v) is 13.1. The second-order valence-corrected chi connectivity index (χ2v) is 16.9. The highest BCUT2D eigenvalue weighted by Crippen LogP contribution is 2.49. The van der Waals surface area contributed by atoms with Crippen LogP contribution in [0.15, 0.2) is 194 Å². The molecule has 0 amide bonds. The highest BCUT2D eigenvalue weighted by atomic mass is 32.1. The van der Waals surface area contributed by atoms with Crippen molar-refractivity contribution in [2.45, 2.75) is 19.3 Å². The Kier molecular flexibility index (Phi) is 8.06. The van der Waals surface area contributed by atoms with Crippen molar-refractivity contribution in [3.63, 3.8) is 0 Å². The summed E-state index contributed by atoms with van der Waals surface area (Å²) in [5.74, 6) is 0.704. The Hall–Kier alpha value is -6.94. The van der Waals surface area contributed by atoms with Crippen molar-refractivity contribution in [1.82, 2.24) is 9.97 Å². The lowest BCUT2D eigenvalue weighted by Gasteiger charge is -2.22. The molecule has 274 valence electrons. The van der Waals surface area contributed by atoms with E-state index < -0.39 is 0 Å². The monoisotopic (exact) mass is 758 g/mol. The van der Waals surface area contributed by atoms with E-state index >= 15 is 0 Å². The third-order valence-electron chi connectivity index (χ3n) is 11.9. The molecular formula is C55H38N2S. The molecule has 0 aliphatic heterocycles. The molecule has 1 aliphatic rings. The van der Waals surface area contributed by atoms with Crippen LogP contribution in [0.25, 0.3) is 98.6 Å². The van der Waals surface area contributed by atoms with Gasteiger partial charge >= 0.3 is 0 Å². The Balaban J connectivity index is 1.03. The smallest absolute Gasteiger partial charge is 0.160 e. The van der Waals surface area contributed by atoms with E-state index in [1.807, 2.05) is 17.4 Å². The number of fused-ring (bicyclic) bond motifs is 6. The van der Waals surface area contributed by atoms with Crippen LogP contribution in [0, 0.1) is 0 Å². The van der Waals surface area contributed by atoms with Crippen LogP contribution in [0.4, 0.5) is 0 Å². The van der Waals surface area contributed by atoms with Gasteiger partial charge in [0.2, 0.25) is 0 Å². The molecule has 11 rings (SSSR count). The van der Waals surface area contributed by atoms with Gasteiger partial charge < -0.3 is 0 Å². The van der Waals surface area contributed by atoms with Gasteiger partial charge in [-0.05, 0) is 104 Å². The number of nitrogens with zero attached hydrogens (tertiary/aromatic N) is 2.